The molecule has 4 heteroatoms. The second-order valence-electron chi connectivity index (χ2n) is 3.90. The van der Waals surface area contributed by atoms with Gasteiger partial charge in [-0.15, -0.1) is 0 Å². The van der Waals surface area contributed by atoms with Crippen LogP contribution < -0.4 is 0 Å². The number of carbonyl (C=O) groups is 1. The van der Waals surface area contributed by atoms with Gasteiger partial charge in [-0.05, 0) is 19.8 Å². The van der Waals surface area contributed by atoms with Gasteiger partial charge in [-0.3, -0.25) is 9.69 Å². The first-order valence-electron chi connectivity index (χ1n) is 4.64. The molecule has 0 bridgehead atoms. The van der Waals surface area contributed by atoms with Crippen molar-refractivity contribution in [3.63, 3.8) is 0 Å². The minimum atomic E-state index is -0.727. The van der Waals surface area contributed by atoms with Gasteiger partial charge >= 0.3 is 5.97 Å². The molecule has 13 heavy (non-hydrogen) atoms. The Balaban J connectivity index is 2.21. The number of carboxylic acid groups (broad SMARTS) is 1. The molecule has 4 nitrogen and oxygen atoms in total. The van der Waals surface area contributed by atoms with Gasteiger partial charge in [0, 0.05) is 19.1 Å². The van der Waals surface area contributed by atoms with Gasteiger partial charge in [0.25, 0.3) is 0 Å². The van der Waals surface area contributed by atoms with Crippen molar-refractivity contribution < 1.29 is 15.0 Å². The van der Waals surface area contributed by atoms with Crippen molar-refractivity contribution in [2.45, 2.75) is 32.4 Å². The van der Waals surface area contributed by atoms with Crippen molar-refractivity contribution in [2.75, 3.05) is 13.1 Å². The molecule has 2 atom stereocenters. The number of hydrogen-bond acceptors (Lipinski definition) is 3. The fraction of sp³-hybridized carbons (Fsp3) is 0.889. The van der Waals surface area contributed by atoms with Gasteiger partial charge < -0.3 is 10.2 Å². The smallest absolute Gasteiger partial charge is 0.303 e. The van der Waals surface area contributed by atoms with Crippen LogP contribution in [0.2, 0.25) is 0 Å². The van der Waals surface area contributed by atoms with E-state index < -0.39 is 5.97 Å². The van der Waals surface area contributed by atoms with Crippen LogP contribution in [0, 0.1) is 5.92 Å². The molecule has 1 heterocycles. The van der Waals surface area contributed by atoms with Gasteiger partial charge in [-0.1, -0.05) is 0 Å². The van der Waals surface area contributed by atoms with Crippen molar-refractivity contribution in [3.05, 3.63) is 0 Å². The molecule has 1 fully saturated rings. The zero-order valence-corrected chi connectivity index (χ0v) is 8.10. The number of hydrogen-bond donors (Lipinski definition) is 2. The highest BCUT2D eigenvalue weighted by Gasteiger charge is 2.32. The van der Waals surface area contributed by atoms with E-state index in [1.165, 1.54) is 0 Å². The zero-order chi connectivity index (χ0) is 10.0. The van der Waals surface area contributed by atoms with Crippen molar-refractivity contribution in [1.29, 1.82) is 0 Å². The topological polar surface area (TPSA) is 60.8 Å². The minimum Gasteiger partial charge on any atom is -0.481 e. The molecule has 0 aromatic heterocycles. The summed E-state index contributed by atoms with van der Waals surface area (Å²) < 4.78 is 0. The molecule has 1 rings (SSSR count). The van der Waals surface area contributed by atoms with E-state index in [1.807, 2.05) is 6.92 Å². The van der Waals surface area contributed by atoms with Gasteiger partial charge in [-0.25, -0.2) is 0 Å². The van der Waals surface area contributed by atoms with Crippen molar-refractivity contribution >= 4 is 5.97 Å². The van der Waals surface area contributed by atoms with Crippen LogP contribution in [0.3, 0.4) is 0 Å². The molecule has 0 aliphatic carbocycles. The Kier molecular flexibility index (Phi) is 3.27. The molecular weight excluding hydrogens is 170 g/mol. The summed E-state index contributed by atoms with van der Waals surface area (Å²) in [6.45, 7) is 5.33. The van der Waals surface area contributed by atoms with Crippen LogP contribution in [0.4, 0.5) is 0 Å². The van der Waals surface area contributed by atoms with E-state index in [1.54, 1.807) is 6.92 Å². The number of carboxylic acids is 1. The highest BCUT2D eigenvalue weighted by molar-refractivity contribution is 5.67. The summed E-state index contributed by atoms with van der Waals surface area (Å²) in [7, 11) is 0. The van der Waals surface area contributed by atoms with Gasteiger partial charge in [0.05, 0.1) is 12.5 Å². The SMILES string of the molecule is CC(O)C(C)N1CC(CC(=O)O)C1. The normalized spacial score (nSPS) is 23.6. The largest absolute Gasteiger partial charge is 0.481 e. The zero-order valence-electron chi connectivity index (χ0n) is 8.10. The lowest BCUT2D eigenvalue weighted by atomic mass is 9.93. The number of aliphatic hydroxyl groups excluding tert-OH is 1. The van der Waals surface area contributed by atoms with Crippen molar-refractivity contribution in [3.8, 4) is 0 Å². The molecule has 0 amide bonds. The third-order valence-electron chi connectivity index (χ3n) is 2.72. The van der Waals surface area contributed by atoms with E-state index in [2.05, 4.69) is 4.90 Å². The first kappa shape index (κ1) is 10.5. The molecule has 0 aromatic rings. The summed E-state index contributed by atoms with van der Waals surface area (Å²) in [5.41, 5.74) is 0. The standard InChI is InChI=1S/C9H17NO3/c1-6(7(2)11)10-4-8(5-10)3-9(12)13/h6-8,11H,3-5H2,1-2H3,(H,12,13). The first-order chi connectivity index (χ1) is 6.00. The number of rotatable bonds is 4. The third-order valence-corrected chi connectivity index (χ3v) is 2.72. The average molecular weight is 187 g/mol. The Morgan fingerprint density at radius 1 is 1.54 bits per heavy atom. The molecule has 0 spiro atoms. The van der Waals surface area contributed by atoms with Gasteiger partial charge in [0.15, 0.2) is 0 Å². The maximum Gasteiger partial charge on any atom is 0.303 e. The Labute approximate surface area is 78.2 Å². The number of likely N-dealkylation sites (tertiary alicyclic amines) is 1. The van der Waals surface area contributed by atoms with E-state index in [9.17, 15) is 9.90 Å². The van der Waals surface area contributed by atoms with E-state index in [0.29, 0.717) is 0 Å². The molecule has 2 unspecified atom stereocenters. The van der Waals surface area contributed by atoms with Crippen LogP contribution in [-0.4, -0.2) is 46.3 Å². The summed E-state index contributed by atoms with van der Waals surface area (Å²) >= 11 is 0. The molecule has 0 aromatic carbocycles. The summed E-state index contributed by atoms with van der Waals surface area (Å²) in [6.07, 6.45) is -0.0889. The van der Waals surface area contributed by atoms with E-state index >= 15 is 0 Å². The van der Waals surface area contributed by atoms with E-state index in [0.717, 1.165) is 13.1 Å². The summed E-state index contributed by atoms with van der Waals surface area (Å²) in [5.74, 6) is -0.451. The van der Waals surface area contributed by atoms with E-state index in [4.69, 9.17) is 5.11 Å². The lowest BCUT2D eigenvalue weighted by Gasteiger charge is -2.43. The lowest BCUT2D eigenvalue weighted by molar-refractivity contribution is -0.140. The Morgan fingerprint density at radius 3 is 2.46 bits per heavy atom. The molecule has 0 saturated carbocycles. The van der Waals surface area contributed by atoms with Crippen LogP contribution in [0.15, 0.2) is 0 Å². The predicted octanol–water partition coefficient (Wildman–Crippen LogP) is 0.162. The van der Waals surface area contributed by atoms with Gasteiger partial charge in [0.1, 0.15) is 0 Å². The predicted molar refractivity (Wildman–Crippen MR) is 48.5 cm³/mol. The highest BCUT2D eigenvalue weighted by atomic mass is 16.4. The van der Waals surface area contributed by atoms with Crippen LogP contribution in [0.1, 0.15) is 20.3 Å². The molecule has 1 saturated heterocycles. The Morgan fingerprint density at radius 2 is 2.08 bits per heavy atom. The molecule has 2 N–H and O–H groups in total. The van der Waals surface area contributed by atoms with Crippen LogP contribution >= 0.6 is 0 Å². The summed E-state index contributed by atoms with van der Waals surface area (Å²) in [6, 6.07) is 0.144. The monoisotopic (exact) mass is 187 g/mol. The lowest BCUT2D eigenvalue weighted by Crippen LogP contribution is -2.54. The highest BCUT2D eigenvalue weighted by Crippen LogP contribution is 2.22. The third kappa shape index (κ3) is 2.67. The molecular formula is C9H17NO3. The van der Waals surface area contributed by atoms with Crippen LogP contribution in [-0.2, 0) is 4.79 Å². The minimum absolute atomic E-state index is 0.144. The number of nitrogens with zero attached hydrogens (tertiary/aromatic N) is 1. The van der Waals surface area contributed by atoms with Gasteiger partial charge in [0.2, 0.25) is 0 Å². The maximum atomic E-state index is 10.3. The first-order valence-corrected chi connectivity index (χ1v) is 4.64. The Hall–Kier alpha value is -0.610. The molecule has 1 aliphatic rings. The maximum absolute atomic E-state index is 10.3. The van der Waals surface area contributed by atoms with Crippen LogP contribution in [0.5, 0.6) is 0 Å². The van der Waals surface area contributed by atoms with Crippen LogP contribution in [0.25, 0.3) is 0 Å². The van der Waals surface area contributed by atoms with E-state index in [-0.39, 0.29) is 24.5 Å². The second kappa shape index (κ2) is 4.07. The summed E-state index contributed by atoms with van der Waals surface area (Å²) in [5, 5.41) is 17.8. The quantitative estimate of drug-likeness (QED) is 0.658. The van der Waals surface area contributed by atoms with Crippen molar-refractivity contribution in [2.24, 2.45) is 5.92 Å². The van der Waals surface area contributed by atoms with Gasteiger partial charge in [-0.2, -0.15) is 0 Å². The molecule has 0 radical (unpaired) electrons. The molecule has 76 valence electrons. The number of aliphatic carboxylic acids is 1. The molecule has 1 aliphatic heterocycles. The fourth-order valence-corrected chi connectivity index (χ4v) is 1.62. The summed E-state index contributed by atoms with van der Waals surface area (Å²) in [4.78, 5) is 12.5. The number of aliphatic hydroxyl groups is 1. The van der Waals surface area contributed by atoms with Crippen molar-refractivity contribution in [1.82, 2.24) is 4.90 Å². The fourth-order valence-electron chi connectivity index (χ4n) is 1.62. The Bertz CT molecular complexity index is 187. The second-order valence-corrected chi connectivity index (χ2v) is 3.90. The average Bonchev–Trinajstić information content (AvgIpc) is 1.94.